The number of morpholine rings is 1. The lowest BCUT2D eigenvalue weighted by atomic mass is 10.2. The summed E-state index contributed by atoms with van der Waals surface area (Å²) in [5, 5.41) is 3.97. The minimum atomic E-state index is -0.475. The summed E-state index contributed by atoms with van der Waals surface area (Å²) in [5.74, 6) is 1.31. The summed E-state index contributed by atoms with van der Waals surface area (Å²) >= 11 is 5.90. The normalized spacial score (nSPS) is 13.7. The summed E-state index contributed by atoms with van der Waals surface area (Å²) < 4.78 is 30.4. The predicted octanol–water partition coefficient (Wildman–Crippen LogP) is 5.12. The van der Waals surface area contributed by atoms with Crippen LogP contribution in [0.2, 0.25) is 5.02 Å². The van der Waals surface area contributed by atoms with Gasteiger partial charge in [-0.05, 0) is 30.7 Å². The standard InChI is InChI=1S/C22H24ClFN4O3.2ClH/c1-29-20-13-19-16(12-21(20)31-8-2-5-28-6-9-30-10-7-28)22(26-14-25-19)27-15-3-4-18(24)17(23)11-15;;/h3-4,11-14H,2,5-10H2,1H3,(H,25,26,27);2*1H. The Bertz CT molecular complexity index is 1050. The van der Waals surface area contributed by atoms with Gasteiger partial charge in [0.2, 0.25) is 0 Å². The van der Waals surface area contributed by atoms with Gasteiger partial charge in [-0.1, -0.05) is 11.6 Å². The lowest BCUT2D eigenvalue weighted by molar-refractivity contribution is 0.0357. The smallest absolute Gasteiger partial charge is 0.162 e. The summed E-state index contributed by atoms with van der Waals surface area (Å²) in [7, 11) is 1.60. The second-order valence-electron chi connectivity index (χ2n) is 7.15. The first-order valence-corrected chi connectivity index (χ1v) is 10.5. The maximum absolute atomic E-state index is 13.5. The van der Waals surface area contributed by atoms with Gasteiger partial charge in [-0.2, -0.15) is 0 Å². The van der Waals surface area contributed by atoms with Crippen molar-refractivity contribution in [2.75, 3.05) is 51.9 Å². The number of nitrogens with zero attached hydrogens (tertiary/aromatic N) is 3. The van der Waals surface area contributed by atoms with E-state index in [1.807, 2.05) is 12.1 Å². The zero-order valence-corrected chi connectivity index (χ0v) is 20.4. The van der Waals surface area contributed by atoms with Gasteiger partial charge >= 0.3 is 0 Å². The first-order chi connectivity index (χ1) is 15.1. The number of nitrogens with one attached hydrogen (secondary N) is 1. The molecule has 11 heteroatoms. The molecular formula is C22H26Cl3FN4O3. The largest absolute Gasteiger partial charge is 0.493 e. The number of aromatic nitrogens is 2. The van der Waals surface area contributed by atoms with Crippen molar-refractivity contribution in [3.05, 3.63) is 47.5 Å². The molecule has 0 saturated carbocycles. The van der Waals surface area contributed by atoms with Crippen LogP contribution in [0.15, 0.2) is 36.7 Å². The molecule has 1 aliphatic heterocycles. The van der Waals surface area contributed by atoms with E-state index < -0.39 is 5.82 Å². The Balaban J connectivity index is 0.00000193. The lowest BCUT2D eigenvalue weighted by Gasteiger charge is -2.26. The van der Waals surface area contributed by atoms with Crippen LogP contribution in [0.25, 0.3) is 10.9 Å². The topological polar surface area (TPSA) is 68.7 Å². The fraction of sp³-hybridized carbons (Fsp3) is 0.364. The molecule has 0 bridgehead atoms. The van der Waals surface area contributed by atoms with Gasteiger partial charge in [-0.15, -0.1) is 24.8 Å². The van der Waals surface area contributed by atoms with E-state index in [9.17, 15) is 4.39 Å². The summed E-state index contributed by atoms with van der Waals surface area (Å²) in [6, 6.07) is 8.09. The maximum atomic E-state index is 13.5. The average molecular weight is 520 g/mol. The highest BCUT2D eigenvalue weighted by atomic mass is 35.5. The van der Waals surface area contributed by atoms with Crippen LogP contribution in [0, 0.1) is 5.82 Å². The Labute approximate surface area is 209 Å². The number of hydrogen-bond donors (Lipinski definition) is 1. The number of fused-ring (bicyclic) bond motifs is 1. The second kappa shape index (κ2) is 13.0. The maximum Gasteiger partial charge on any atom is 0.162 e. The molecule has 0 spiro atoms. The molecule has 4 rings (SSSR count). The molecule has 180 valence electrons. The number of benzene rings is 2. The summed E-state index contributed by atoms with van der Waals surface area (Å²) in [6.07, 6.45) is 2.35. The molecule has 0 unspecified atom stereocenters. The monoisotopic (exact) mass is 518 g/mol. The van der Waals surface area contributed by atoms with Gasteiger partial charge in [0.25, 0.3) is 0 Å². The van der Waals surface area contributed by atoms with Gasteiger partial charge in [-0.25, -0.2) is 14.4 Å². The van der Waals surface area contributed by atoms with E-state index in [0.29, 0.717) is 35.1 Å². The average Bonchev–Trinajstić information content (AvgIpc) is 2.79. The fourth-order valence-electron chi connectivity index (χ4n) is 3.44. The minimum absolute atomic E-state index is 0. The van der Waals surface area contributed by atoms with E-state index in [4.69, 9.17) is 25.8 Å². The molecule has 1 N–H and O–H groups in total. The van der Waals surface area contributed by atoms with Crippen LogP contribution in [-0.2, 0) is 4.74 Å². The van der Waals surface area contributed by atoms with E-state index in [1.54, 1.807) is 13.2 Å². The molecule has 1 saturated heterocycles. The van der Waals surface area contributed by atoms with Crippen molar-refractivity contribution >= 4 is 58.8 Å². The molecule has 0 amide bonds. The molecule has 3 aromatic rings. The number of hydrogen-bond acceptors (Lipinski definition) is 7. The van der Waals surface area contributed by atoms with Crippen molar-refractivity contribution in [1.82, 2.24) is 14.9 Å². The molecule has 0 atom stereocenters. The highest BCUT2D eigenvalue weighted by Crippen LogP contribution is 2.35. The van der Waals surface area contributed by atoms with Gasteiger partial charge in [0.05, 0.1) is 37.5 Å². The first kappa shape index (κ1) is 27.1. The molecule has 7 nitrogen and oxygen atoms in total. The molecule has 0 aliphatic carbocycles. The van der Waals surface area contributed by atoms with E-state index >= 15 is 0 Å². The number of ether oxygens (including phenoxy) is 3. The van der Waals surface area contributed by atoms with Gasteiger partial charge in [0.15, 0.2) is 11.5 Å². The van der Waals surface area contributed by atoms with Crippen LogP contribution in [0.5, 0.6) is 11.5 Å². The van der Waals surface area contributed by atoms with Crippen molar-refractivity contribution in [1.29, 1.82) is 0 Å². The Hall–Kier alpha value is -2.10. The van der Waals surface area contributed by atoms with Crippen LogP contribution in [0.1, 0.15) is 6.42 Å². The second-order valence-corrected chi connectivity index (χ2v) is 7.56. The van der Waals surface area contributed by atoms with E-state index in [-0.39, 0.29) is 29.8 Å². The number of methoxy groups -OCH3 is 1. The van der Waals surface area contributed by atoms with E-state index in [2.05, 4.69) is 20.2 Å². The Morgan fingerprint density at radius 1 is 1.12 bits per heavy atom. The zero-order chi connectivity index (χ0) is 21.6. The summed E-state index contributed by atoms with van der Waals surface area (Å²) in [5.41, 5.74) is 1.32. The molecule has 33 heavy (non-hydrogen) atoms. The molecule has 0 radical (unpaired) electrons. The Morgan fingerprint density at radius 2 is 1.91 bits per heavy atom. The fourth-order valence-corrected chi connectivity index (χ4v) is 3.62. The zero-order valence-electron chi connectivity index (χ0n) is 18.1. The van der Waals surface area contributed by atoms with Crippen molar-refractivity contribution in [3.63, 3.8) is 0 Å². The molecule has 2 heterocycles. The van der Waals surface area contributed by atoms with Crippen LogP contribution in [0.3, 0.4) is 0 Å². The highest BCUT2D eigenvalue weighted by Gasteiger charge is 2.14. The lowest BCUT2D eigenvalue weighted by Crippen LogP contribution is -2.37. The van der Waals surface area contributed by atoms with Gasteiger partial charge in [0, 0.05) is 36.8 Å². The quantitative estimate of drug-likeness (QED) is 0.414. The van der Waals surface area contributed by atoms with Crippen molar-refractivity contribution in [3.8, 4) is 11.5 Å². The third kappa shape index (κ3) is 6.94. The molecule has 1 fully saturated rings. The summed E-state index contributed by atoms with van der Waals surface area (Å²) in [6.45, 7) is 5.00. The molecule has 1 aliphatic rings. The van der Waals surface area contributed by atoms with Crippen LogP contribution < -0.4 is 14.8 Å². The summed E-state index contributed by atoms with van der Waals surface area (Å²) in [4.78, 5) is 11.0. The Kier molecular flexibility index (Phi) is 10.7. The van der Waals surface area contributed by atoms with Gasteiger partial charge in [0.1, 0.15) is 18.0 Å². The van der Waals surface area contributed by atoms with Crippen molar-refractivity contribution in [2.24, 2.45) is 0 Å². The highest BCUT2D eigenvalue weighted by molar-refractivity contribution is 6.31. The number of rotatable bonds is 8. The van der Waals surface area contributed by atoms with Gasteiger partial charge < -0.3 is 19.5 Å². The van der Waals surface area contributed by atoms with Gasteiger partial charge in [-0.3, -0.25) is 4.90 Å². The molecular weight excluding hydrogens is 494 g/mol. The molecule has 2 aromatic carbocycles. The number of halogens is 4. The molecule has 1 aromatic heterocycles. The van der Waals surface area contributed by atoms with Crippen LogP contribution >= 0.6 is 36.4 Å². The van der Waals surface area contributed by atoms with E-state index in [1.165, 1.54) is 18.5 Å². The number of anilines is 2. The van der Waals surface area contributed by atoms with Crippen molar-refractivity contribution in [2.45, 2.75) is 6.42 Å². The SMILES string of the molecule is COc1cc2ncnc(Nc3ccc(F)c(Cl)c3)c2cc1OCCCN1CCOCC1.Cl.Cl. The third-order valence-electron chi connectivity index (χ3n) is 5.08. The minimum Gasteiger partial charge on any atom is -0.493 e. The van der Waals surface area contributed by atoms with Crippen molar-refractivity contribution < 1.29 is 18.6 Å². The third-order valence-corrected chi connectivity index (χ3v) is 5.37. The predicted molar refractivity (Wildman–Crippen MR) is 133 cm³/mol. The first-order valence-electron chi connectivity index (χ1n) is 10.1. The van der Waals surface area contributed by atoms with E-state index in [0.717, 1.165) is 44.7 Å². The Morgan fingerprint density at radius 3 is 2.64 bits per heavy atom. The van der Waals surface area contributed by atoms with Crippen LogP contribution in [-0.4, -0.2) is 61.4 Å². The van der Waals surface area contributed by atoms with Crippen LogP contribution in [0.4, 0.5) is 15.9 Å².